The van der Waals surface area contributed by atoms with E-state index in [4.69, 9.17) is 4.74 Å². The van der Waals surface area contributed by atoms with Gasteiger partial charge in [0.2, 0.25) is 0 Å². The molecule has 6 heteroatoms. The van der Waals surface area contributed by atoms with Crippen LogP contribution in [0.25, 0.3) is 10.6 Å². The average molecular weight is 370 g/mol. The quantitative estimate of drug-likeness (QED) is 0.843. The number of carboxylic acids is 1. The van der Waals surface area contributed by atoms with Crippen LogP contribution in [-0.2, 0) is 6.42 Å². The summed E-state index contributed by atoms with van der Waals surface area (Å²) in [5.41, 5.74) is 1.54. The number of halogens is 1. The molecule has 112 valence electrons. The van der Waals surface area contributed by atoms with E-state index in [0.29, 0.717) is 27.9 Å². The number of carboxylic acid groups (broad SMARTS) is 1. The standard InChI is InChI=1S/C15H16BrNO3S/c1-8(2)6-11-13(15(18)19)21-14(17-11)9-4-5-12(20-3)10(16)7-9/h4-5,7-8H,6H2,1-3H3,(H,18,19). The monoisotopic (exact) mass is 369 g/mol. The van der Waals surface area contributed by atoms with E-state index in [1.165, 1.54) is 11.3 Å². The first-order valence-corrected chi connectivity index (χ1v) is 8.10. The summed E-state index contributed by atoms with van der Waals surface area (Å²) < 4.78 is 6.02. The molecule has 1 aromatic heterocycles. The molecule has 2 aromatic rings. The molecule has 0 fully saturated rings. The topological polar surface area (TPSA) is 59.4 Å². The van der Waals surface area contributed by atoms with Crippen molar-refractivity contribution in [2.45, 2.75) is 20.3 Å². The highest BCUT2D eigenvalue weighted by atomic mass is 79.9. The van der Waals surface area contributed by atoms with Gasteiger partial charge in [0.15, 0.2) is 0 Å². The Kier molecular flexibility index (Phi) is 5.00. The van der Waals surface area contributed by atoms with Gasteiger partial charge in [0.05, 0.1) is 17.3 Å². The molecule has 0 atom stereocenters. The van der Waals surface area contributed by atoms with E-state index in [1.54, 1.807) is 7.11 Å². The van der Waals surface area contributed by atoms with E-state index in [-0.39, 0.29) is 0 Å². The molecule has 0 radical (unpaired) electrons. The molecule has 1 heterocycles. The van der Waals surface area contributed by atoms with Crippen LogP contribution in [0.5, 0.6) is 5.75 Å². The molecule has 0 spiro atoms. The van der Waals surface area contributed by atoms with Crippen molar-refractivity contribution in [1.29, 1.82) is 0 Å². The Hall–Kier alpha value is -1.40. The predicted molar refractivity (Wildman–Crippen MR) is 87.3 cm³/mol. The Balaban J connectivity index is 2.44. The third-order valence-electron chi connectivity index (χ3n) is 2.89. The van der Waals surface area contributed by atoms with Gasteiger partial charge in [-0.2, -0.15) is 0 Å². The Morgan fingerprint density at radius 3 is 2.71 bits per heavy atom. The number of nitrogens with zero attached hydrogens (tertiary/aromatic N) is 1. The summed E-state index contributed by atoms with van der Waals surface area (Å²) in [6.07, 6.45) is 0.662. The number of ether oxygens (including phenoxy) is 1. The van der Waals surface area contributed by atoms with Crippen LogP contribution in [0.2, 0.25) is 0 Å². The molecule has 0 aliphatic heterocycles. The number of aromatic carboxylic acids is 1. The minimum atomic E-state index is -0.915. The average Bonchev–Trinajstić information content (AvgIpc) is 2.81. The van der Waals surface area contributed by atoms with Crippen molar-refractivity contribution < 1.29 is 14.6 Å². The number of methoxy groups -OCH3 is 1. The number of hydrogen-bond acceptors (Lipinski definition) is 4. The maximum atomic E-state index is 11.4. The lowest BCUT2D eigenvalue weighted by Gasteiger charge is -2.04. The number of aromatic nitrogens is 1. The molecule has 21 heavy (non-hydrogen) atoms. The van der Waals surface area contributed by atoms with Gasteiger partial charge < -0.3 is 9.84 Å². The van der Waals surface area contributed by atoms with Gasteiger partial charge in [0.25, 0.3) is 0 Å². The van der Waals surface area contributed by atoms with Gasteiger partial charge in [0.1, 0.15) is 15.6 Å². The Morgan fingerprint density at radius 1 is 1.48 bits per heavy atom. The van der Waals surface area contributed by atoms with Gasteiger partial charge in [-0.25, -0.2) is 9.78 Å². The summed E-state index contributed by atoms with van der Waals surface area (Å²) in [5.74, 6) is 0.179. The van der Waals surface area contributed by atoms with Crippen LogP contribution in [0.1, 0.15) is 29.2 Å². The number of carbonyl (C=O) groups is 1. The summed E-state index contributed by atoms with van der Waals surface area (Å²) in [5, 5.41) is 10.0. The molecular weight excluding hydrogens is 354 g/mol. The number of thiazole rings is 1. The van der Waals surface area contributed by atoms with Crippen molar-refractivity contribution in [3.05, 3.63) is 33.2 Å². The van der Waals surface area contributed by atoms with Gasteiger partial charge in [-0.05, 0) is 46.5 Å². The fourth-order valence-corrected chi connectivity index (χ4v) is 3.44. The smallest absolute Gasteiger partial charge is 0.347 e. The first-order chi connectivity index (χ1) is 9.92. The number of rotatable bonds is 5. The second-order valence-corrected chi connectivity index (χ2v) is 6.90. The van der Waals surface area contributed by atoms with E-state index in [9.17, 15) is 9.90 Å². The van der Waals surface area contributed by atoms with Gasteiger partial charge in [-0.15, -0.1) is 11.3 Å². The Bertz CT molecular complexity index is 667. The van der Waals surface area contributed by atoms with Gasteiger partial charge in [-0.3, -0.25) is 0 Å². The highest BCUT2D eigenvalue weighted by molar-refractivity contribution is 9.10. The first kappa shape index (κ1) is 16.0. The maximum Gasteiger partial charge on any atom is 0.347 e. The number of hydrogen-bond donors (Lipinski definition) is 1. The zero-order valence-electron chi connectivity index (χ0n) is 12.0. The van der Waals surface area contributed by atoms with Crippen LogP contribution in [0.15, 0.2) is 22.7 Å². The largest absolute Gasteiger partial charge is 0.496 e. The van der Waals surface area contributed by atoms with Crippen molar-refractivity contribution in [3.63, 3.8) is 0 Å². The van der Waals surface area contributed by atoms with E-state index < -0.39 is 5.97 Å². The molecular formula is C15H16BrNO3S. The summed E-state index contributed by atoms with van der Waals surface area (Å²) in [7, 11) is 1.60. The molecule has 2 rings (SSSR count). The molecule has 0 saturated carbocycles. The highest BCUT2D eigenvalue weighted by Gasteiger charge is 2.19. The van der Waals surface area contributed by atoms with Crippen molar-refractivity contribution in [2.75, 3.05) is 7.11 Å². The second kappa shape index (κ2) is 6.58. The summed E-state index contributed by atoms with van der Waals surface area (Å²) in [6.45, 7) is 4.10. The number of benzene rings is 1. The van der Waals surface area contributed by atoms with Crippen molar-refractivity contribution in [2.24, 2.45) is 5.92 Å². The molecule has 0 bridgehead atoms. The van der Waals surface area contributed by atoms with Gasteiger partial charge in [-0.1, -0.05) is 13.8 Å². The molecule has 0 aliphatic carbocycles. The molecule has 0 amide bonds. The lowest BCUT2D eigenvalue weighted by atomic mass is 10.1. The lowest BCUT2D eigenvalue weighted by molar-refractivity contribution is 0.0700. The molecule has 0 unspecified atom stereocenters. The summed E-state index contributed by atoms with van der Waals surface area (Å²) >= 11 is 4.65. The molecule has 1 N–H and O–H groups in total. The van der Waals surface area contributed by atoms with Crippen LogP contribution in [0, 0.1) is 5.92 Å². The maximum absolute atomic E-state index is 11.4. The van der Waals surface area contributed by atoms with Gasteiger partial charge in [0, 0.05) is 5.56 Å². The van der Waals surface area contributed by atoms with Crippen LogP contribution < -0.4 is 4.74 Å². The van der Waals surface area contributed by atoms with Crippen LogP contribution >= 0.6 is 27.3 Å². The predicted octanol–water partition coefficient (Wildman–Crippen LogP) is 4.48. The molecule has 4 nitrogen and oxygen atoms in total. The second-order valence-electron chi connectivity index (χ2n) is 5.05. The third-order valence-corrected chi connectivity index (χ3v) is 4.65. The van der Waals surface area contributed by atoms with Crippen molar-refractivity contribution in [3.8, 4) is 16.3 Å². The lowest BCUT2D eigenvalue weighted by Crippen LogP contribution is -2.02. The van der Waals surface area contributed by atoms with Gasteiger partial charge >= 0.3 is 5.97 Å². The van der Waals surface area contributed by atoms with E-state index in [1.807, 2.05) is 18.2 Å². The van der Waals surface area contributed by atoms with Crippen molar-refractivity contribution >= 4 is 33.2 Å². The SMILES string of the molecule is COc1ccc(-c2nc(CC(C)C)c(C(=O)O)s2)cc1Br. The van der Waals surface area contributed by atoms with E-state index >= 15 is 0 Å². The zero-order chi connectivity index (χ0) is 15.6. The summed E-state index contributed by atoms with van der Waals surface area (Å²) in [6, 6.07) is 5.61. The fourth-order valence-electron chi connectivity index (χ4n) is 1.97. The fraction of sp³-hybridized carbons (Fsp3) is 0.333. The summed E-state index contributed by atoms with van der Waals surface area (Å²) in [4.78, 5) is 16.2. The minimum Gasteiger partial charge on any atom is -0.496 e. The third kappa shape index (κ3) is 3.63. The first-order valence-electron chi connectivity index (χ1n) is 6.49. The highest BCUT2D eigenvalue weighted by Crippen LogP contribution is 2.34. The zero-order valence-corrected chi connectivity index (χ0v) is 14.4. The minimum absolute atomic E-state index is 0.325. The van der Waals surface area contributed by atoms with Crippen LogP contribution in [-0.4, -0.2) is 23.2 Å². The van der Waals surface area contributed by atoms with E-state index in [2.05, 4.69) is 34.8 Å². The Labute approximate surface area is 135 Å². The normalized spacial score (nSPS) is 10.9. The molecule has 1 aromatic carbocycles. The van der Waals surface area contributed by atoms with Crippen LogP contribution in [0.4, 0.5) is 0 Å². The Morgan fingerprint density at radius 2 is 2.19 bits per heavy atom. The van der Waals surface area contributed by atoms with Crippen molar-refractivity contribution in [1.82, 2.24) is 4.98 Å². The van der Waals surface area contributed by atoms with Crippen LogP contribution in [0.3, 0.4) is 0 Å². The van der Waals surface area contributed by atoms with E-state index in [0.717, 1.165) is 15.8 Å². The molecule has 0 saturated heterocycles. The molecule has 0 aliphatic rings.